The summed E-state index contributed by atoms with van der Waals surface area (Å²) in [4.78, 5) is 15.0. The van der Waals surface area contributed by atoms with Crippen LogP contribution < -0.4 is 10.6 Å². The lowest BCUT2D eigenvalue weighted by molar-refractivity contribution is 0.251. The van der Waals surface area contributed by atoms with Gasteiger partial charge in [-0.15, -0.1) is 0 Å². The molecule has 1 aromatic carbocycles. The lowest BCUT2D eigenvalue weighted by Gasteiger charge is -2.06. The summed E-state index contributed by atoms with van der Waals surface area (Å²) in [6, 6.07) is 9.43. The van der Waals surface area contributed by atoms with Gasteiger partial charge in [0.15, 0.2) is 0 Å². The summed E-state index contributed by atoms with van der Waals surface area (Å²) < 4.78 is 1.79. The molecule has 0 atom stereocenters. The van der Waals surface area contributed by atoms with Crippen molar-refractivity contribution in [3.63, 3.8) is 0 Å². The van der Waals surface area contributed by atoms with E-state index in [9.17, 15) is 4.79 Å². The number of aryl methyl sites for hydroxylation is 2. The number of aromatic amines is 1. The summed E-state index contributed by atoms with van der Waals surface area (Å²) in [5.74, 6) is 0. The van der Waals surface area contributed by atoms with Crippen molar-refractivity contribution in [3.05, 3.63) is 47.9 Å². The number of urea groups is 1. The van der Waals surface area contributed by atoms with E-state index in [0.29, 0.717) is 6.54 Å². The zero-order valence-electron chi connectivity index (χ0n) is 12.0. The van der Waals surface area contributed by atoms with E-state index in [-0.39, 0.29) is 6.03 Å². The molecule has 2 amide bonds. The summed E-state index contributed by atoms with van der Waals surface area (Å²) >= 11 is 0. The molecule has 0 bridgehead atoms. The van der Waals surface area contributed by atoms with Crippen LogP contribution in [0.5, 0.6) is 0 Å². The first-order chi connectivity index (χ1) is 10.1. The van der Waals surface area contributed by atoms with Gasteiger partial charge < -0.3 is 15.6 Å². The highest BCUT2D eigenvalue weighted by Crippen LogP contribution is 2.17. The molecule has 3 aromatic rings. The molecule has 0 aliphatic heterocycles. The van der Waals surface area contributed by atoms with Crippen LogP contribution in [0.1, 0.15) is 11.4 Å². The summed E-state index contributed by atoms with van der Waals surface area (Å²) in [5, 5.41) is 11.0. The molecular formula is C15H17N5O. The molecule has 0 saturated heterocycles. The Morgan fingerprint density at radius 3 is 2.95 bits per heavy atom. The maximum absolute atomic E-state index is 11.9. The van der Waals surface area contributed by atoms with Crippen molar-refractivity contribution in [2.75, 3.05) is 5.32 Å². The van der Waals surface area contributed by atoms with Gasteiger partial charge in [-0.2, -0.15) is 5.10 Å². The smallest absolute Gasteiger partial charge is 0.319 e. The molecule has 0 saturated carbocycles. The molecule has 6 heteroatoms. The number of H-pyrrole nitrogens is 1. The van der Waals surface area contributed by atoms with Gasteiger partial charge in [-0.05, 0) is 36.6 Å². The number of aromatic nitrogens is 3. The first kappa shape index (κ1) is 13.2. The van der Waals surface area contributed by atoms with Crippen LogP contribution in [-0.4, -0.2) is 20.8 Å². The number of carbonyl (C=O) groups excluding carboxylic acids is 1. The van der Waals surface area contributed by atoms with Crippen LogP contribution in [0, 0.1) is 6.92 Å². The third-order valence-electron chi connectivity index (χ3n) is 3.41. The third kappa shape index (κ3) is 2.89. The van der Waals surface area contributed by atoms with E-state index in [1.54, 1.807) is 4.68 Å². The van der Waals surface area contributed by atoms with Crippen LogP contribution in [0.2, 0.25) is 0 Å². The van der Waals surface area contributed by atoms with E-state index in [2.05, 4.69) is 20.7 Å². The van der Waals surface area contributed by atoms with E-state index in [4.69, 9.17) is 0 Å². The predicted molar refractivity (Wildman–Crippen MR) is 82.1 cm³/mol. The molecule has 21 heavy (non-hydrogen) atoms. The lowest BCUT2D eigenvalue weighted by atomic mass is 10.2. The molecule has 0 unspecified atom stereocenters. The molecule has 0 aliphatic rings. The topological polar surface area (TPSA) is 74.7 Å². The van der Waals surface area contributed by atoms with Crippen LogP contribution >= 0.6 is 0 Å². The van der Waals surface area contributed by atoms with Crippen molar-refractivity contribution in [1.82, 2.24) is 20.1 Å². The zero-order chi connectivity index (χ0) is 14.8. The van der Waals surface area contributed by atoms with Crippen molar-refractivity contribution >= 4 is 22.6 Å². The fourth-order valence-electron chi connectivity index (χ4n) is 2.19. The predicted octanol–water partition coefficient (Wildman–Crippen LogP) is 2.53. The minimum absolute atomic E-state index is 0.246. The SMILES string of the molecule is Cc1cc(CNC(=O)Nc2ccc3cc[nH]c3c2)nn1C. The van der Waals surface area contributed by atoms with E-state index in [0.717, 1.165) is 28.0 Å². The molecule has 2 heterocycles. The van der Waals surface area contributed by atoms with Crippen LogP contribution in [0.3, 0.4) is 0 Å². The van der Waals surface area contributed by atoms with Crippen molar-refractivity contribution in [2.45, 2.75) is 13.5 Å². The number of rotatable bonds is 3. The standard InChI is InChI=1S/C15H17N5O/c1-10-7-13(19-20(10)2)9-17-15(21)18-12-4-3-11-5-6-16-14(11)8-12/h3-8,16H,9H2,1-2H3,(H2,17,18,21). The average Bonchev–Trinajstić information content (AvgIpc) is 3.03. The maximum Gasteiger partial charge on any atom is 0.319 e. The van der Waals surface area contributed by atoms with Gasteiger partial charge >= 0.3 is 6.03 Å². The second-order valence-corrected chi connectivity index (χ2v) is 4.99. The first-order valence-corrected chi connectivity index (χ1v) is 6.73. The molecule has 0 radical (unpaired) electrons. The molecular weight excluding hydrogens is 266 g/mol. The van der Waals surface area contributed by atoms with Crippen LogP contribution in [0.15, 0.2) is 36.5 Å². The normalized spacial score (nSPS) is 10.8. The zero-order valence-corrected chi connectivity index (χ0v) is 12.0. The number of hydrogen-bond donors (Lipinski definition) is 3. The Morgan fingerprint density at radius 1 is 1.33 bits per heavy atom. The van der Waals surface area contributed by atoms with Crippen LogP contribution in [0.4, 0.5) is 10.5 Å². The molecule has 2 aromatic heterocycles. The van der Waals surface area contributed by atoms with E-state index in [1.807, 2.05) is 50.5 Å². The summed E-state index contributed by atoms with van der Waals surface area (Å²) in [7, 11) is 1.88. The summed E-state index contributed by atoms with van der Waals surface area (Å²) in [6.07, 6.45) is 1.87. The summed E-state index contributed by atoms with van der Waals surface area (Å²) in [6.45, 7) is 2.38. The number of anilines is 1. The number of nitrogens with one attached hydrogen (secondary N) is 3. The van der Waals surface area contributed by atoms with E-state index in [1.165, 1.54) is 0 Å². The molecule has 0 aliphatic carbocycles. The fraction of sp³-hybridized carbons (Fsp3) is 0.200. The number of benzene rings is 1. The van der Waals surface area contributed by atoms with Gasteiger partial charge in [-0.25, -0.2) is 4.79 Å². The quantitative estimate of drug-likeness (QED) is 0.691. The number of nitrogens with zero attached hydrogens (tertiary/aromatic N) is 2. The summed E-state index contributed by atoms with van der Waals surface area (Å²) in [5.41, 5.74) is 3.64. The average molecular weight is 283 g/mol. The Hall–Kier alpha value is -2.76. The van der Waals surface area contributed by atoms with Crippen LogP contribution in [-0.2, 0) is 13.6 Å². The Labute approximate surface area is 122 Å². The Morgan fingerprint density at radius 2 is 2.19 bits per heavy atom. The highest BCUT2D eigenvalue weighted by molar-refractivity contribution is 5.92. The van der Waals surface area contributed by atoms with Gasteiger partial charge in [-0.1, -0.05) is 6.07 Å². The molecule has 0 spiro atoms. The van der Waals surface area contributed by atoms with Crippen molar-refractivity contribution in [2.24, 2.45) is 7.05 Å². The van der Waals surface area contributed by atoms with Gasteiger partial charge in [-0.3, -0.25) is 4.68 Å². The third-order valence-corrected chi connectivity index (χ3v) is 3.41. The van der Waals surface area contributed by atoms with Crippen molar-refractivity contribution in [3.8, 4) is 0 Å². The van der Waals surface area contributed by atoms with Gasteiger partial charge in [0.25, 0.3) is 0 Å². The van der Waals surface area contributed by atoms with Crippen molar-refractivity contribution < 1.29 is 4.79 Å². The molecule has 6 nitrogen and oxygen atoms in total. The second kappa shape index (κ2) is 5.32. The van der Waals surface area contributed by atoms with Gasteiger partial charge in [0, 0.05) is 30.1 Å². The molecule has 3 N–H and O–H groups in total. The lowest BCUT2D eigenvalue weighted by Crippen LogP contribution is -2.28. The number of fused-ring (bicyclic) bond motifs is 1. The van der Waals surface area contributed by atoms with Crippen LogP contribution in [0.25, 0.3) is 10.9 Å². The Kier molecular flexibility index (Phi) is 3.35. The van der Waals surface area contributed by atoms with E-state index < -0.39 is 0 Å². The molecule has 3 rings (SSSR count). The number of hydrogen-bond acceptors (Lipinski definition) is 2. The monoisotopic (exact) mass is 283 g/mol. The number of amides is 2. The largest absolute Gasteiger partial charge is 0.361 e. The second-order valence-electron chi connectivity index (χ2n) is 4.99. The maximum atomic E-state index is 11.9. The minimum Gasteiger partial charge on any atom is -0.361 e. The number of carbonyl (C=O) groups is 1. The fourth-order valence-corrected chi connectivity index (χ4v) is 2.19. The highest BCUT2D eigenvalue weighted by Gasteiger charge is 2.05. The van der Waals surface area contributed by atoms with Crippen molar-refractivity contribution in [1.29, 1.82) is 0 Å². The Bertz CT molecular complexity index is 767. The molecule has 108 valence electrons. The minimum atomic E-state index is -0.246. The van der Waals surface area contributed by atoms with Gasteiger partial charge in [0.2, 0.25) is 0 Å². The highest BCUT2D eigenvalue weighted by atomic mass is 16.2. The van der Waals surface area contributed by atoms with E-state index >= 15 is 0 Å². The Balaban J connectivity index is 1.60. The van der Waals surface area contributed by atoms with Gasteiger partial charge in [0.1, 0.15) is 0 Å². The first-order valence-electron chi connectivity index (χ1n) is 6.73. The molecule has 0 fully saturated rings. The van der Waals surface area contributed by atoms with Gasteiger partial charge in [0.05, 0.1) is 12.2 Å².